The van der Waals surface area contributed by atoms with Crippen molar-refractivity contribution in [2.45, 2.75) is 142 Å². The third-order valence-corrected chi connectivity index (χ3v) is 11.9. The Morgan fingerprint density at radius 3 is 2.03 bits per heavy atom. The van der Waals surface area contributed by atoms with Gasteiger partial charge in [0.15, 0.2) is 0 Å². The summed E-state index contributed by atoms with van der Waals surface area (Å²) >= 11 is 0. The third kappa shape index (κ3) is 15.0. The fourth-order valence-corrected chi connectivity index (χ4v) is 8.05. The van der Waals surface area contributed by atoms with E-state index in [2.05, 4.69) is 26.6 Å². The Hall–Kier alpha value is -6.53. The molecule has 0 aromatic heterocycles. The molecular weight excluding hydrogens is 865 g/mol. The van der Waals surface area contributed by atoms with Crippen LogP contribution >= 0.6 is 0 Å². The van der Waals surface area contributed by atoms with E-state index in [4.69, 9.17) is 10.5 Å². The summed E-state index contributed by atoms with van der Waals surface area (Å²) in [6.45, 7) is 11.6. The quantitative estimate of drug-likeness (QED) is 0.131. The minimum atomic E-state index is -1.71. The normalized spacial score (nSPS) is 24.1. The second-order valence-electron chi connectivity index (χ2n) is 18.5. The predicted molar refractivity (Wildman–Crippen MR) is 246 cm³/mol. The first-order valence-corrected chi connectivity index (χ1v) is 23.0. The Morgan fingerprint density at radius 1 is 0.806 bits per heavy atom. The Labute approximate surface area is 392 Å². The molecule has 0 bridgehead atoms. The number of hydrogen-bond donors (Lipinski definition) is 7. The minimum Gasteiger partial charge on any atom is -0.508 e. The lowest BCUT2D eigenvalue weighted by molar-refractivity contribution is -0.158. The van der Waals surface area contributed by atoms with Crippen molar-refractivity contribution in [2.24, 2.45) is 23.5 Å². The number of phenolic OH excluding ortho intramolecular Hbond substituents is 1. The molecule has 2 aromatic rings. The number of nitrogens with zero attached hydrogens (tertiary/aromatic N) is 2. The lowest BCUT2D eigenvalue weighted by Crippen LogP contribution is -2.62. The van der Waals surface area contributed by atoms with Crippen molar-refractivity contribution in [3.63, 3.8) is 0 Å². The maximum Gasteiger partial charge on any atom is 0.329 e. The molecule has 67 heavy (non-hydrogen) atoms. The molecule has 4 rings (SSSR count). The van der Waals surface area contributed by atoms with Gasteiger partial charge in [-0.15, -0.1) is 0 Å². The zero-order valence-corrected chi connectivity index (χ0v) is 39.7. The molecule has 2 saturated heterocycles. The lowest BCUT2D eigenvalue weighted by atomic mass is 9.99. The van der Waals surface area contributed by atoms with Crippen LogP contribution in [0.25, 0.3) is 0 Å². The van der Waals surface area contributed by atoms with Crippen LogP contribution in [-0.4, -0.2) is 130 Å². The molecule has 1 unspecified atom stereocenters. The van der Waals surface area contributed by atoms with Crippen molar-refractivity contribution in [1.82, 2.24) is 36.4 Å². The van der Waals surface area contributed by atoms with Gasteiger partial charge in [0.2, 0.25) is 47.3 Å². The van der Waals surface area contributed by atoms with E-state index in [0.717, 1.165) is 0 Å². The maximum absolute atomic E-state index is 14.8. The molecular formula is C48H68N8O11. The number of benzene rings is 2. The largest absolute Gasteiger partial charge is 0.508 e. The fourth-order valence-electron chi connectivity index (χ4n) is 8.05. The molecule has 0 radical (unpaired) electrons. The molecule has 8 N–H and O–H groups in total. The number of nitrogens with one attached hydrogen (secondary N) is 5. The molecule has 0 saturated carbocycles. The highest BCUT2D eigenvalue weighted by atomic mass is 16.5. The molecule has 2 aliphatic rings. The maximum atomic E-state index is 14.8. The van der Waals surface area contributed by atoms with Crippen LogP contribution in [0, 0.1) is 17.8 Å². The first kappa shape index (κ1) is 53.1. The smallest absolute Gasteiger partial charge is 0.329 e. The van der Waals surface area contributed by atoms with Gasteiger partial charge in [-0.1, -0.05) is 84.0 Å². The number of hydrogen-bond acceptors (Lipinski definition) is 11. The van der Waals surface area contributed by atoms with Crippen molar-refractivity contribution in [3.05, 3.63) is 65.7 Å². The van der Waals surface area contributed by atoms with Crippen LogP contribution in [0.4, 0.5) is 0 Å². The van der Waals surface area contributed by atoms with Gasteiger partial charge >= 0.3 is 5.97 Å². The van der Waals surface area contributed by atoms with Gasteiger partial charge in [-0.05, 0) is 67.7 Å². The number of rotatable bonds is 14. The average molecular weight is 933 g/mol. The Kier molecular flexibility index (Phi) is 19.3. The molecule has 2 heterocycles. The lowest BCUT2D eigenvalue weighted by Gasteiger charge is -2.33. The zero-order chi connectivity index (χ0) is 49.7. The van der Waals surface area contributed by atoms with E-state index < -0.39 is 113 Å². The molecule has 19 heteroatoms. The molecule has 2 fully saturated rings. The summed E-state index contributed by atoms with van der Waals surface area (Å²) in [5, 5.41) is 23.5. The molecule has 0 spiro atoms. The van der Waals surface area contributed by atoms with Crippen molar-refractivity contribution in [3.8, 4) is 5.75 Å². The van der Waals surface area contributed by atoms with Gasteiger partial charge < -0.3 is 52.0 Å². The highest BCUT2D eigenvalue weighted by molar-refractivity contribution is 5.98. The number of aromatic hydroxyl groups is 1. The van der Waals surface area contributed by atoms with E-state index in [1.165, 1.54) is 35.9 Å². The Balaban J connectivity index is 1.85. The van der Waals surface area contributed by atoms with Crippen LogP contribution in [0.15, 0.2) is 54.6 Å². The van der Waals surface area contributed by atoms with Gasteiger partial charge in [0, 0.05) is 38.8 Å². The monoisotopic (exact) mass is 933 g/mol. The molecule has 2 aromatic carbocycles. The molecule has 19 nitrogen and oxygen atoms in total. The van der Waals surface area contributed by atoms with Gasteiger partial charge in [-0.2, -0.15) is 0 Å². The minimum absolute atomic E-state index is 0.0203. The van der Waals surface area contributed by atoms with Crippen molar-refractivity contribution in [1.29, 1.82) is 0 Å². The summed E-state index contributed by atoms with van der Waals surface area (Å²) < 4.78 is 5.89. The van der Waals surface area contributed by atoms with E-state index >= 15 is 0 Å². The van der Waals surface area contributed by atoms with E-state index in [9.17, 15) is 48.3 Å². The van der Waals surface area contributed by atoms with Crippen LogP contribution in [-0.2, 0) is 60.7 Å². The predicted octanol–water partition coefficient (Wildman–Crippen LogP) is 0.988. The first-order valence-electron chi connectivity index (χ1n) is 23.0. The number of amides is 8. The van der Waals surface area contributed by atoms with E-state index in [0.29, 0.717) is 17.5 Å². The van der Waals surface area contributed by atoms with Gasteiger partial charge in [-0.3, -0.25) is 38.4 Å². The van der Waals surface area contributed by atoms with Gasteiger partial charge in [-0.25, -0.2) is 4.79 Å². The van der Waals surface area contributed by atoms with E-state index in [1.54, 1.807) is 70.2 Å². The van der Waals surface area contributed by atoms with Gasteiger partial charge in [0.1, 0.15) is 54.1 Å². The summed E-state index contributed by atoms with van der Waals surface area (Å²) in [6.07, 6.45) is -1.31. The average Bonchev–Trinajstić information content (AvgIpc) is 3.77. The molecule has 8 atom stereocenters. The first-order chi connectivity index (χ1) is 31.6. The fraction of sp³-hybridized carbons (Fsp3) is 0.562. The van der Waals surface area contributed by atoms with Crippen LogP contribution in [0.5, 0.6) is 5.75 Å². The second-order valence-corrected chi connectivity index (χ2v) is 18.5. The van der Waals surface area contributed by atoms with Gasteiger partial charge in [0.05, 0.1) is 0 Å². The Bertz CT molecular complexity index is 2100. The van der Waals surface area contributed by atoms with Crippen LogP contribution in [0.3, 0.4) is 0 Å². The summed E-state index contributed by atoms with van der Waals surface area (Å²) in [7, 11) is 1.41. The highest BCUT2D eigenvalue weighted by Crippen LogP contribution is 2.23. The molecule has 8 amide bonds. The van der Waals surface area contributed by atoms with Gasteiger partial charge in [0.25, 0.3) is 0 Å². The zero-order valence-electron chi connectivity index (χ0n) is 39.7. The van der Waals surface area contributed by atoms with E-state index in [-0.39, 0.29) is 56.7 Å². The molecule has 2 aliphatic heterocycles. The number of primary amides is 1. The van der Waals surface area contributed by atoms with Crippen molar-refractivity contribution in [2.75, 3.05) is 13.6 Å². The SMILES string of the molecule is CC(C)C[C@@H]1NC(=O)[C@@H](NC(=O)C(CCC(N)=O)NC(=O)C(C)C)[C@@H](C)OC(=O)[C@H](C(C)C)NC(=O)[C@H](Cc2ccc(O)cc2)N(C)C(=O)[C@H](Cc2ccccc2)NC(=O)[C@@H]2CCCN2C1=O. The number of esters is 1. The number of carbonyl (C=O) groups excluding carboxylic acids is 9. The number of carbonyl (C=O) groups is 9. The molecule has 0 aliphatic carbocycles. The van der Waals surface area contributed by atoms with Crippen molar-refractivity contribution >= 4 is 53.2 Å². The summed E-state index contributed by atoms with van der Waals surface area (Å²) in [5.41, 5.74) is 6.64. The number of nitrogens with two attached hydrogens (primary N) is 1. The van der Waals surface area contributed by atoms with Crippen molar-refractivity contribution < 1.29 is 53.0 Å². The van der Waals surface area contributed by atoms with Crippen LogP contribution in [0.2, 0.25) is 0 Å². The number of fused-ring (bicyclic) bond motifs is 1. The Morgan fingerprint density at radius 2 is 1.43 bits per heavy atom. The van der Waals surface area contributed by atoms with Crippen LogP contribution in [0.1, 0.15) is 91.7 Å². The second kappa shape index (κ2) is 24.3. The third-order valence-electron chi connectivity index (χ3n) is 11.9. The van der Waals surface area contributed by atoms with Crippen LogP contribution < -0.4 is 32.3 Å². The number of cyclic esters (lactones) is 1. The summed E-state index contributed by atoms with van der Waals surface area (Å²) in [4.78, 5) is 128. The number of likely N-dealkylation sites (N-methyl/N-ethyl adjacent to an activating group) is 1. The number of ether oxygens (including phenoxy) is 1. The number of phenols is 1. The van der Waals surface area contributed by atoms with E-state index in [1.807, 2.05) is 13.8 Å². The highest BCUT2D eigenvalue weighted by Gasteiger charge is 2.43. The summed E-state index contributed by atoms with van der Waals surface area (Å²) in [5.74, 6) is -8.15. The topological polar surface area (TPSA) is 276 Å². The standard InChI is InChI=1S/C48H68N8O11/c1-26(2)23-34-47(65)56-22-12-15-36(56)43(61)51-35(24-30-13-10-9-11-14-30)46(64)55(8)37(25-31-16-18-32(57)19-17-31)44(62)53-39(27(3)4)48(66)67-29(7)40(45(63)52-34)54-42(60)33(20-21-38(49)58)50-41(59)28(5)6/h9-11,13-14,16-19,26-29,33-37,39-40,57H,12,15,20-25H2,1-8H3,(H2,49,58)(H,50,59)(H,51,61)(H,52,63)(H,53,62)(H,54,60)/t29-,33?,34+,35+,36+,37+,39+,40+/m1/s1. The summed E-state index contributed by atoms with van der Waals surface area (Å²) in [6, 6.07) is 5.71. The molecule has 366 valence electrons.